The van der Waals surface area contributed by atoms with Gasteiger partial charge in [0.2, 0.25) is 0 Å². The molecule has 0 saturated carbocycles. The van der Waals surface area contributed by atoms with Gasteiger partial charge in [0.15, 0.2) is 0 Å². The van der Waals surface area contributed by atoms with E-state index in [0.29, 0.717) is 0 Å². The van der Waals surface area contributed by atoms with Gasteiger partial charge < -0.3 is 9.73 Å². The van der Waals surface area contributed by atoms with E-state index in [2.05, 4.69) is 23.1 Å². The van der Waals surface area contributed by atoms with Crippen LogP contribution in [0.2, 0.25) is 0 Å². The molecule has 0 unspecified atom stereocenters. The number of furan rings is 1. The highest BCUT2D eigenvalue weighted by molar-refractivity contribution is 5.20. The summed E-state index contributed by atoms with van der Waals surface area (Å²) in [7, 11) is 0. The van der Waals surface area contributed by atoms with Crippen LogP contribution in [0.3, 0.4) is 0 Å². The molecule has 2 rings (SSSR count). The fourth-order valence-corrected chi connectivity index (χ4v) is 1.93. The number of nitrogens with zero attached hydrogens (tertiary/aromatic N) is 2. The van der Waals surface area contributed by atoms with Crippen LogP contribution in [0.4, 0.5) is 0 Å². The molecular weight excluding hydrogens is 226 g/mol. The van der Waals surface area contributed by atoms with Crippen molar-refractivity contribution in [3.63, 3.8) is 0 Å². The molecule has 0 bridgehead atoms. The second-order valence-electron chi connectivity index (χ2n) is 4.40. The smallest absolute Gasteiger partial charge is 0.105 e. The van der Waals surface area contributed by atoms with Crippen LogP contribution < -0.4 is 5.32 Å². The number of nitrogens with one attached hydrogen (secondary N) is 1. The Morgan fingerprint density at radius 1 is 1.44 bits per heavy atom. The molecule has 2 aromatic heterocycles. The maximum atomic E-state index is 5.49. The van der Waals surface area contributed by atoms with Gasteiger partial charge in [0.05, 0.1) is 12.7 Å². The molecule has 0 aromatic carbocycles. The maximum Gasteiger partial charge on any atom is 0.105 e. The van der Waals surface area contributed by atoms with E-state index in [1.54, 1.807) is 0 Å². The molecule has 4 nitrogen and oxygen atoms in total. The van der Waals surface area contributed by atoms with E-state index in [1.165, 1.54) is 11.1 Å². The molecule has 2 heterocycles. The Bertz CT molecular complexity index is 525. The average molecular weight is 245 g/mol. The number of aromatic nitrogens is 2. The number of hydrogen-bond donors (Lipinski definition) is 1. The summed E-state index contributed by atoms with van der Waals surface area (Å²) >= 11 is 0. The van der Waals surface area contributed by atoms with Crippen LogP contribution in [0.1, 0.15) is 22.6 Å². The van der Waals surface area contributed by atoms with E-state index in [1.807, 2.05) is 37.0 Å². The quantitative estimate of drug-likeness (QED) is 0.795. The molecule has 2 aromatic rings. The molecule has 0 aliphatic carbocycles. The first-order chi connectivity index (χ1) is 8.69. The summed E-state index contributed by atoms with van der Waals surface area (Å²) in [5, 5.41) is 7.63. The molecule has 0 saturated heterocycles. The highest BCUT2D eigenvalue weighted by atomic mass is 16.3. The Morgan fingerprint density at radius 3 is 2.94 bits per heavy atom. The van der Waals surface area contributed by atoms with E-state index in [4.69, 9.17) is 4.42 Å². The lowest BCUT2D eigenvalue weighted by molar-refractivity contribution is 0.499. The first kappa shape index (κ1) is 12.6. The Hall–Kier alpha value is -1.81. The molecule has 96 valence electrons. The number of aryl methyl sites for hydroxylation is 2. The maximum absolute atomic E-state index is 5.49. The number of allylic oxidation sites excluding steroid dienone is 1. The highest BCUT2D eigenvalue weighted by Crippen LogP contribution is 2.13. The molecular formula is C14H19N3O. The van der Waals surface area contributed by atoms with Crippen LogP contribution >= 0.6 is 0 Å². The summed E-state index contributed by atoms with van der Waals surface area (Å²) in [5.74, 6) is 1.95. The summed E-state index contributed by atoms with van der Waals surface area (Å²) in [6, 6.07) is 2.07. The predicted octanol–water partition coefficient (Wildman–Crippen LogP) is 2.57. The van der Waals surface area contributed by atoms with Crippen molar-refractivity contribution >= 4 is 0 Å². The van der Waals surface area contributed by atoms with Gasteiger partial charge >= 0.3 is 0 Å². The summed E-state index contributed by atoms with van der Waals surface area (Å²) in [4.78, 5) is 0. The van der Waals surface area contributed by atoms with Gasteiger partial charge in [-0.3, -0.25) is 4.68 Å². The molecule has 0 atom stereocenters. The second kappa shape index (κ2) is 5.69. The van der Waals surface area contributed by atoms with Crippen molar-refractivity contribution in [2.45, 2.75) is 33.5 Å². The fraction of sp³-hybridized carbons (Fsp3) is 0.357. The van der Waals surface area contributed by atoms with E-state index < -0.39 is 0 Å². The second-order valence-corrected chi connectivity index (χ2v) is 4.40. The first-order valence-corrected chi connectivity index (χ1v) is 6.08. The van der Waals surface area contributed by atoms with E-state index in [0.717, 1.165) is 31.2 Å². The lowest BCUT2D eigenvalue weighted by atomic mass is 10.2. The van der Waals surface area contributed by atoms with Gasteiger partial charge in [0.1, 0.15) is 11.5 Å². The molecule has 18 heavy (non-hydrogen) atoms. The minimum Gasteiger partial charge on any atom is -0.466 e. The SMILES string of the molecule is C=CCn1cc(CNCc2cc(C)oc2C)cn1. The minimum atomic E-state index is 0.750. The molecule has 0 radical (unpaired) electrons. The standard InChI is InChI=1S/C14H19N3O/c1-4-5-17-10-13(8-16-17)7-15-9-14-6-11(2)18-12(14)3/h4,6,8,10,15H,1,5,7,9H2,2-3H3. The Kier molecular flexibility index (Phi) is 3.99. The Balaban J connectivity index is 1.84. The van der Waals surface area contributed by atoms with Gasteiger partial charge in [-0.15, -0.1) is 6.58 Å². The number of hydrogen-bond acceptors (Lipinski definition) is 3. The highest BCUT2D eigenvalue weighted by Gasteiger charge is 2.04. The summed E-state index contributed by atoms with van der Waals surface area (Å²) in [6.07, 6.45) is 5.74. The summed E-state index contributed by atoms with van der Waals surface area (Å²) in [6.45, 7) is 10.0. The van der Waals surface area contributed by atoms with Gasteiger partial charge in [-0.2, -0.15) is 5.10 Å². The van der Waals surface area contributed by atoms with Crippen LogP contribution in [-0.4, -0.2) is 9.78 Å². The summed E-state index contributed by atoms with van der Waals surface area (Å²) in [5.41, 5.74) is 2.39. The van der Waals surface area contributed by atoms with Crippen molar-refractivity contribution < 1.29 is 4.42 Å². The lowest BCUT2D eigenvalue weighted by Crippen LogP contribution is -2.12. The number of rotatable bonds is 6. The molecule has 0 amide bonds. The Labute approximate surface area is 107 Å². The largest absolute Gasteiger partial charge is 0.466 e. The zero-order chi connectivity index (χ0) is 13.0. The monoisotopic (exact) mass is 245 g/mol. The van der Waals surface area contributed by atoms with Crippen molar-refractivity contribution in [3.8, 4) is 0 Å². The van der Waals surface area contributed by atoms with Crippen molar-refractivity contribution in [1.82, 2.24) is 15.1 Å². The molecule has 0 aliphatic rings. The molecule has 1 N–H and O–H groups in total. The zero-order valence-corrected chi connectivity index (χ0v) is 10.9. The van der Waals surface area contributed by atoms with Gasteiger partial charge in [0, 0.05) is 30.4 Å². The van der Waals surface area contributed by atoms with Crippen molar-refractivity contribution in [2.24, 2.45) is 0 Å². The third kappa shape index (κ3) is 3.11. The molecule has 0 spiro atoms. The molecule has 4 heteroatoms. The van der Waals surface area contributed by atoms with E-state index >= 15 is 0 Å². The predicted molar refractivity (Wildman–Crippen MR) is 71.1 cm³/mol. The van der Waals surface area contributed by atoms with Crippen LogP contribution in [0, 0.1) is 13.8 Å². The first-order valence-electron chi connectivity index (χ1n) is 6.08. The van der Waals surface area contributed by atoms with Crippen LogP contribution in [0.25, 0.3) is 0 Å². The van der Waals surface area contributed by atoms with Gasteiger partial charge in [0.25, 0.3) is 0 Å². The van der Waals surface area contributed by atoms with E-state index in [-0.39, 0.29) is 0 Å². The van der Waals surface area contributed by atoms with Crippen LogP contribution in [0.5, 0.6) is 0 Å². The van der Waals surface area contributed by atoms with Crippen LogP contribution in [-0.2, 0) is 19.6 Å². The van der Waals surface area contributed by atoms with Crippen molar-refractivity contribution in [1.29, 1.82) is 0 Å². The third-order valence-electron chi connectivity index (χ3n) is 2.79. The van der Waals surface area contributed by atoms with Crippen LogP contribution in [0.15, 0.2) is 35.5 Å². The minimum absolute atomic E-state index is 0.750. The Morgan fingerprint density at radius 2 is 2.28 bits per heavy atom. The van der Waals surface area contributed by atoms with Gasteiger partial charge in [-0.05, 0) is 19.9 Å². The van der Waals surface area contributed by atoms with Crippen molar-refractivity contribution in [3.05, 3.63) is 53.8 Å². The molecule has 0 fully saturated rings. The van der Waals surface area contributed by atoms with E-state index in [9.17, 15) is 0 Å². The lowest BCUT2D eigenvalue weighted by Gasteiger charge is -2.01. The van der Waals surface area contributed by atoms with Gasteiger partial charge in [-0.1, -0.05) is 6.08 Å². The average Bonchev–Trinajstić information content (AvgIpc) is 2.87. The summed E-state index contributed by atoms with van der Waals surface area (Å²) < 4.78 is 7.36. The topological polar surface area (TPSA) is 43.0 Å². The zero-order valence-electron chi connectivity index (χ0n) is 10.9. The normalized spacial score (nSPS) is 10.8. The van der Waals surface area contributed by atoms with Gasteiger partial charge in [-0.25, -0.2) is 0 Å². The molecule has 0 aliphatic heterocycles. The fourth-order valence-electron chi connectivity index (χ4n) is 1.93. The third-order valence-corrected chi connectivity index (χ3v) is 2.79. The van der Waals surface area contributed by atoms with Crippen molar-refractivity contribution in [2.75, 3.05) is 0 Å².